The SMILES string of the molecule is Cc1cc2[nH]nc(-c3cnc(N4CC5(C4)CN(S(C)(=O)=O)C5)c(C#N)c3)c2cc1O[C@H](C)c1c(Cl)cncc1Cl. The highest BCUT2D eigenvalue weighted by Crippen LogP contribution is 2.43. The van der Waals surface area contributed by atoms with E-state index in [1.54, 1.807) is 12.3 Å². The molecule has 13 heteroatoms. The molecule has 6 rings (SSSR count). The molecule has 0 amide bonds. The molecular formula is C27H25Cl2N7O3S. The minimum Gasteiger partial charge on any atom is -0.486 e. The molecule has 1 N–H and O–H groups in total. The van der Waals surface area contributed by atoms with E-state index in [0.717, 1.165) is 16.5 Å². The van der Waals surface area contributed by atoms with Crippen molar-refractivity contribution in [3.8, 4) is 23.1 Å². The summed E-state index contributed by atoms with van der Waals surface area (Å²) in [6.07, 6.45) is 5.58. The van der Waals surface area contributed by atoms with Gasteiger partial charge in [-0.15, -0.1) is 0 Å². The summed E-state index contributed by atoms with van der Waals surface area (Å²) in [5.41, 5.74) is 4.08. The highest BCUT2D eigenvalue weighted by molar-refractivity contribution is 7.88. The van der Waals surface area contributed by atoms with Crippen LogP contribution in [0, 0.1) is 23.7 Å². The van der Waals surface area contributed by atoms with Crippen molar-refractivity contribution in [3.63, 3.8) is 0 Å². The van der Waals surface area contributed by atoms with E-state index >= 15 is 0 Å². The summed E-state index contributed by atoms with van der Waals surface area (Å²) in [6.45, 7) is 6.15. The number of hydrogen-bond acceptors (Lipinski definition) is 8. The van der Waals surface area contributed by atoms with E-state index in [1.807, 2.05) is 30.9 Å². The van der Waals surface area contributed by atoms with Crippen molar-refractivity contribution >= 4 is 49.9 Å². The standard InChI is InChI=1S/C27H25Cl2N7O3S/c1-15-4-22-19(6-23(15)39-16(2)24-20(28)9-31-10-21(24)29)25(34-33-22)18-5-17(7-30)26(32-8-18)35-11-27(12-35)13-36(14-27)40(3,37)38/h4-6,8-10,16H,11-14H2,1-3H3,(H,33,34)/t16-/m1/s1. The molecule has 0 saturated carbocycles. The summed E-state index contributed by atoms with van der Waals surface area (Å²) in [4.78, 5) is 10.7. The van der Waals surface area contributed by atoms with Crippen LogP contribution in [0.2, 0.25) is 10.0 Å². The van der Waals surface area contributed by atoms with Crippen LogP contribution in [0.25, 0.3) is 22.2 Å². The molecule has 40 heavy (non-hydrogen) atoms. The molecule has 2 saturated heterocycles. The van der Waals surface area contributed by atoms with E-state index in [2.05, 4.69) is 26.2 Å². The van der Waals surface area contributed by atoms with Crippen molar-refractivity contribution in [1.82, 2.24) is 24.5 Å². The van der Waals surface area contributed by atoms with Crippen LogP contribution in [0.5, 0.6) is 5.75 Å². The zero-order valence-electron chi connectivity index (χ0n) is 21.9. The second-order valence-corrected chi connectivity index (χ2v) is 13.4. The molecule has 3 aromatic heterocycles. The first-order valence-electron chi connectivity index (χ1n) is 12.5. The Morgan fingerprint density at radius 3 is 2.48 bits per heavy atom. The largest absolute Gasteiger partial charge is 0.486 e. The summed E-state index contributed by atoms with van der Waals surface area (Å²) >= 11 is 12.7. The number of aromatic nitrogens is 4. The average molecular weight is 599 g/mol. The molecule has 1 spiro atoms. The molecule has 0 bridgehead atoms. The van der Waals surface area contributed by atoms with Gasteiger partial charge in [0.1, 0.15) is 29.4 Å². The third-order valence-electron chi connectivity index (χ3n) is 7.56. The third-order valence-corrected chi connectivity index (χ3v) is 9.36. The first kappa shape index (κ1) is 26.8. The summed E-state index contributed by atoms with van der Waals surface area (Å²) in [5.74, 6) is 1.24. The molecule has 1 atom stereocenters. The van der Waals surface area contributed by atoms with Crippen LogP contribution in [-0.4, -0.2) is 65.3 Å². The molecule has 10 nitrogen and oxygen atoms in total. The van der Waals surface area contributed by atoms with Gasteiger partial charge in [0.15, 0.2) is 0 Å². The van der Waals surface area contributed by atoms with Crippen molar-refractivity contribution in [3.05, 3.63) is 63.5 Å². The number of rotatable bonds is 6. The van der Waals surface area contributed by atoms with E-state index < -0.39 is 16.1 Å². The lowest BCUT2D eigenvalue weighted by molar-refractivity contribution is 0.0395. The molecule has 0 unspecified atom stereocenters. The second kappa shape index (κ2) is 9.59. The van der Waals surface area contributed by atoms with Crippen LogP contribution >= 0.6 is 23.2 Å². The Labute approximate surface area is 241 Å². The number of fused-ring (bicyclic) bond motifs is 1. The molecule has 2 aliphatic rings. The zero-order chi connectivity index (χ0) is 28.4. The van der Waals surface area contributed by atoms with Crippen molar-refractivity contribution in [2.24, 2.45) is 5.41 Å². The number of sulfonamides is 1. The van der Waals surface area contributed by atoms with Gasteiger partial charge in [-0.1, -0.05) is 23.2 Å². The van der Waals surface area contributed by atoms with Crippen molar-refractivity contribution < 1.29 is 13.2 Å². The summed E-state index contributed by atoms with van der Waals surface area (Å²) < 4.78 is 31.3. The lowest BCUT2D eigenvalue weighted by atomic mass is 9.74. The minimum atomic E-state index is -3.17. The highest BCUT2D eigenvalue weighted by atomic mass is 35.5. The number of aromatic amines is 1. The maximum Gasteiger partial charge on any atom is 0.211 e. The maximum atomic E-state index is 11.7. The van der Waals surface area contributed by atoms with E-state index in [1.165, 1.54) is 23.0 Å². The number of halogens is 2. The Morgan fingerprint density at radius 1 is 1.12 bits per heavy atom. The van der Waals surface area contributed by atoms with Crippen LogP contribution in [0.4, 0.5) is 5.82 Å². The number of nitrogens with zero attached hydrogens (tertiary/aromatic N) is 6. The summed E-state index contributed by atoms with van der Waals surface area (Å²) in [6, 6.07) is 7.91. The monoisotopic (exact) mass is 597 g/mol. The van der Waals surface area contributed by atoms with Crippen LogP contribution in [-0.2, 0) is 10.0 Å². The minimum absolute atomic E-state index is 0.0648. The molecule has 0 radical (unpaired) electrons. The predicted octanol–water partition coefficient (Wildman–Crippen LogP) is 4.73. The van der Waals surface area contributed by atoms with E-state index in [0.29, 0.717) is 70.2 Å². The highest BCUT2D eigenvalue weighted by Gasteiger charge is 2.54. The van der Waals surface area contributed by atoms with Crippen LogP contribution in [0.15, 0.2) is 36.8 Å². The second-order valence-electron chi connectivity index (χ2n) is 10.6. The van der Waals surface area contributed by atoms with Crippen LogP contribution < -0.4 is 9.64 Å². The van der Waals surface area contributed by atoms with Gasteiger partial charge in [0.05, 0.1) is 27.4 Å². The van der Waals surface area contributed by atoms with Gasteiger partial charge in [-0.2, -0.15) is 10.4 Å². The van der Waals surface area contributed by atoms with Gasteiger partial charge < -0.3 is 9.64 Å². The van der Waals surface area contributed by atoms with Gasteiger partial charge in [-0.3, -0.25) is 10.1 Å². The normalized spacial score (nSPS) is 17.4. The maximum absolute atomic E-state index is 11.7. The molecule has 4 aromatic rings. The quantitative estimate of drug-likeness (QED) is 0.338. The summed E-state index contributed by atoms with van der Waals surface area (Å²) in [7, 11) is -3.17. The molecule has 1 aromatic carbocycles. The molecule has 0 aliphatic carbocycles. The van der Waals surface area contributed by atoms with Crippen molar-refractivity contribution in [1.29, 1.82) is 5.26 Å². The number of nitrogens with one attached hydrogen (secondary N) is 1. The first-order valence-corrected chi connectivity index (χ1v) is 15.1. The fourth-order valence-electron chi connectivity index (χ4n) is 5.53. The van der Waals surface area contributed by atoms with Gasteiger partial charge in [0.2, 0.25) is 10.0 Å². The number of aryl methyl sites for hydroxylation is 1. The Bertz CT molecular complexity index is 1780. The van der Waals surface area contributed by atoms with Crippen LogP contribution in [0.3, 0.4) is 0 Å². The van der Waals surface area contributed by atoms with Gasteiger partial charge >= 0.3 is 0 Å². The molecular weight excluding hydrogens is 573 g/mol. The number of anilines is 1. The third kappa shape index (κ3) is 4.55. The Balaban J connectivity index is 1.26. The molecule has 5 heterocycles. The zero-order valence-corrected chi connectivity index (χ0v) is 24.3. The topological polar surface area (TPSA) is 128 Å². The van der Waals surface area contributed by atoms with E-state index in [9.17, 15) is 13.7 Å². The van der Waals surface area contributed by atoms with Crippen molar-refractivity contribution in [2.45, 2.75) is 20.0 Å². The number of benzene rings is 1. The molecule has 2 aliphatic heterocycles. The van der Waals surface area contributed by atoms with Gasteiger partial charge in [0.25, 0.3) is 0 Å². The number of hydrogen-bond donors (Lipinski definition) is 1. The smallest absolute Gasteiger partial charge is 0.211 e. The summed E-state index contributed by atoms with van der Waals surface area (Å²) in [5, 5.41) is 19.2. The Morgan fingerprint density at radius 2 is 1.82 bits per heavy atom. The fourth-order valence-corrected chi connectivity index (χ4v) is 7.22. The Kier molecular flexibility index (Phi) is 6.42. The van der Waals surface area contributed by atoms with E-state index in [-0.39, 0.29) is 5.41 Å². The predicted molar refractivity (Wildman–Crippen MR) is 153 cm³/mol. The number of H-pyrrole nitrogens is 1. The molecule has 206 valence electrons. The number of nitriles is 1. The van der Waals surface area contributed by atoms with Crippen LogP contribution in [0.1, 0.15) is 29.7 Å². The average Bonchev–Trinajstić information content (AvgIpc) is 3.24. The Hall–Kier alpha value is -3.43. The number of ether oxygens (including phenoxy) is 1. The van der Waals surface area contributed by atoms with Crippen molar-refractivity contribution in [2.75, 3.05) is 37.3 Å². The van der Waals surface area contributed by atoms with E-state index in [4.69, 9.17) is 27.9 Å². The lowest BCUT2D eigenvalue weighted by Crippen LogP contribution is -2.73. The van der Waals surface area contributed by atoms with Gasteiger partial charge in [-0.05, 0) is 37.6 Å². The van der Waals surface area contributed by atoms with Gasteiger partial charge in [-0.25, -0.2) is 17.7 Å². The molecule has 2 fully saturated rings. The fraction of sp³-hybridized carbons (Fsp3) is 0.333. The first-order chi connectivity index (χ1) is 19.0. The lowest BCUT2D eigenvalue weighted by Gasteiger charge is -2.59. The van der Waals surface area contributed by atoms with Gasteiger partial charge in [0, 0.05) is 66.7 Å². The number of pyridine rings is 2.